The summed E-state index contributed by atoms with van der Waals surface area (Å²) in [6.07, 6.45) is 7.37. The van der Waals surface area contributed by atoms with Gasteiger partial charge in [-0.1, -0.05) is 24.9 Å². The molecule has 0 spiro atoms. The maximum absolute atomic E-state index is 12.1. The van der Waals surface area contributed by atoms with Gasteiger partial charge in [-0.15, -0.1) is 0 Å². The lowest BCUT2D eigenvalue weighted by Gasteiger charge is -2.27. The Bertz CT molecular complexity index is 519. The molecule has 0 unspecified atom stereocenters. The van der Waals surface area contributed by atoms with Gasteiger partial charge in [0.25, 0.3) is 5.91 Å². The van der Waals surface area contributed by atoms with Crippen molar-refractivity contribution in [3.8, 4) is 0 Å². The normalized spacial score (nSPS) is 17.7. The average molecular weight is 290 g/mol. The average Bonchev–Trinajstić information content (AvgIpc) is 3.01. The monoisotopic (exact) mass is 290 g/mol. The number of nitrogens with one attached hydrogen (secondary N) is 1. The van der Waals surface area contributed by atoms with Gasteiger partial charge in [-0.05, 0) is 36.8 Å². The van der Waals surface area contributed by atoms with Crippen molar-refractivity contribution in [2.24, 2.45) is 16.3 Å². The van der Waals surface area contributed by atoms with Crippen molar-refractivity contribution in [1.82, 2.24) is 10.3 Å². The first-order valence-electron chi connectivity index (χ1n) is 7.32. The minimum absolute atomic E-state index is 0.0228. The van der Waals surface area contributed by atoms with E-state index in [0.717, 1.165) is 6.42 Å². The van der Waals surface area contributed by atoms with E-state index in [0.29, 0.717) is 17.8 Å². The number of hydrogen-bond donors (Lipinski definition) is 3. The quantitative estimate of drug-likeness (QED) is 0.333. The highest BCUT2D eigenvalue weighted by atomic mass is 16.4. The van der Waals surface area contributed by atoms with Crippen molar-refractivity contribution < 1.29 is 10.0 Å². The second kappa shape index (κ2) is 6.56. The summed E-state index contributed by atoms with van der Waals surface area (Å²) < 4.78 is 0. The zero-order chi connectivity index (χ0) is 15.3. The van der Waals surface area contributed by atoms with Gasteiger partial charge in [0, 0.05) is 18.3 Å². The zero-order valence-corrected chi connectivity index (χ0v) is 12.3. The van der Waals surface area contributed by atoms with Gasteiger partial charge < -0.3 is 16.3 Å². The Hall–Kier alpha value is -2.11. The third-order valence-corrected chi connectivity index (χ3v) is 4.44. The summed E-state index contributed by atoms with van der Waals surface area (Å²) in [6.45, 7) is 2.88. The van der Waals surface area contributed by atoms with Gasteiger partial charge in [-0.2, -0.15) is 0 Å². The van der Waals surface area contributed by atoms with Gasteiger partial charge in [0.15, 0.2) is 5.84 Å². The summed E-state index contributed by atoms with van der Waals surface area (Å²) in [5.41, 5.74) is 6.53. The molecule has 1 aromatic heterocycles. The summed E-state index contributed by atoms with van der Waals surface area (Å²) >= 11 is 0. The van der Waals surface area contributed by atoms with Crippen LogP contribution in [0.2, 0.25) is 0 Å². The van der Waals surface area contributed by atoms with Gasteiger partial charge >= 0.3 is 0 Å². The molecular weight excluding hydrogens is 268 g/mol. The molecule has 0 aliphatic heterocycles. The number of aromatic nitrogens is 1. The van der Waals surface area contributed by atoms with E-state index in [2.05, 4.69) is 22.4 Å². The van der Waals surface area contributed by atoms with Crippen molar-refractivity contribution in [2.75, 3.05) is 6.54 Å². The number of pyridine rings is 1. The van der Waals surface area contributed by atoms with Crippen molar-refractivity contribution in [3.05, 3.63) is 29.6 Å². The summed E-state index contributed by atoms with van der Waals surface area (Å²) in [4.78, 5) is 16.2. The highest BCUT2D eigenvalue weighted by molar-refractivity contribution is 5.98. The molecule has 1 amide bonds. The molecular formula is C15H22N4O2. The number of carbonyl (C=O) groups excluding carboxylic acids is 1. The van der Waals surface area contributed by atoms with E-state index in [1.165, 1.54) is 31.9 Å². The van der Waals surface area contributed by atoms with Gasteiger partial charge in [0.1, 0.15) is 5.69 Å². The highest BCUT2D eigenvalue weighted by Gasteiger charge is 2.32. The first-order chi connectivity index (χ1) is 10.1. The molecule has 0 atom stereocenters. The highest BCUT2D eigenvalue weighted by Crippen LogP contribution is 2.40. The Kier molecular flexibility index (Phi) is 4.77. The SMILES string of the molecule is CCC1(CNC(=O)c2ccc(/C(N)=N/O)cn2)CCCC1. The summed E-state index contributed by atoms with van der Waals surface area (Å²) in [7, 11) is 0. The van der Waals surface area contributed by atoms with Crippen molar-refractivity contribution in [2.45, 2.75) is 39.0 Å². The van der Waals surface area contributed by atoms with Crippen molar-refractivity contribution >= 4 is 11.7 Å². The lowest BCUT2D eigenvalue weighted by atomic mass is 9.83. The molecule has 0 aromatic carbocycles. The van der Waals surface area contributed by atoms with Crippen LogP contribution in [-0.4, -0.2) is 28.5 Å². The fraction of sp³-hybridized carbons (Fsp3) is 0.533. The van der Waals surface area contributed by atoms with E-state index >= 15 is 0 Å². The van der Waals surface area contributed by atoms with Crippen LogP contribution in [0.25, 0.3) is 0 Å². The molecule has 6 nitrogen and oxygen atoms in total. The number of carbonyl (C=O) groups is 1. The number of amidine groups is 1. The van der Waals surface area contributed by atoms with Gasteiger partial charge in [0.2, 0.25) is 0 Å². The summed E-state index contributed by atoms with van der Waals surface area (Å²) in [6, 6.07) is 3.19. The number of hydrogen-bond acceptors (Lipinski definition) is 4. The number of rotatable bonds is 5. The largest absolute Gasteiger partial charge is 0.409 e. The van der Waals surface area contributed by atoms with Gasteiger partial charge in [0.05, 0.1) is 0 Å². The number of oxime groups is 1. The predicted octanol–water partition coefficient (Wildman–Crippen LogP) is 1.88. The molecule has 0 bridgehead atoms. The smallest absolute Gasteiger partial charge is 0.269 e. The van der Waals surface area contributed by atoms with E-state index in [1.807, 2.05) is 0 Å². The minimum Gasteiger partial charge on any atom is -0.409 e. The third-order valence-electron chi connectivity index (χ3n) is 4.44. The number of nitrogens with zero attached hydrogens (tertiary/aromatic N) is 2. The second-order valence-electron chi connectivity index (χ2n) is 5.66. The fourth-order valence-corrected chi connectivity index (χ4v) is 2.88. The van der Waals surface area contributed by atoms with Gasteiger partial charge in [-0.25, -0.2) is 0 Å². The van der Waals surface area contributed by atoms with Crippen LogP contribution in [-0.2, 0) is 0 Å². The van der Waals surface area contributed by atoms with E-state index < -0.39 is 0 Å². The molecule has 4 N–H and O–H groups in total. The number of amides is 1. The maximum atomic E-state index is 12.1. The minimum atomic E-state index is -0.180. The Labute approximate surface area is 124 Å². The van der Waals surface area contributed by atoms with Crippen LogP contribution in [0, 0.1) is 5.41 Å². The second-order valence-corrected chi connectivity index (χ2v) is 5.66. The van der Waals surface area contributed by atoms with Crippen LogP contribution in [0.5, 0.6) is 0 Å². The van der Waals surface area contributed by atoms with Gasteiger partial charge in [-0.3, -0.25) is 9.78 Å². The molecule has 6 heteroatoms. The summed E-state index contributed by atoms with van der Waals surface area (Å²) in [5, 5.41) is 14.5. The molecule has 1 fully saturated rings. The Morgan fingerprint density at radius 3 is 2.71 bits per heavy atom. The lowest BCUT2D eigenvalue weighted by molar-refractivity contribution is 0.0923. The predicted molar refractivity (Wildman–Crippen MR) is 80.3 cm³/mol. The van der Waals surface area contributed by atoms with Crippen LogP contribution < -0.4 is 11.1 Å². The lowest BCUT2D eigenvalue weighted by Crippen LogP contribution is -2.36. The third kappa shape index (κ3) is 3.51. The van der Waals surface area contributed by atoms with Crippen LogP contribution in [0.15, 0.2) is 23.5 Å². The molecule has 1 saturated carbocycles. The van der Waals surface area contributed by atoms with Crippen molar-refractivity contribution in [1.29, 1.82) is 0 Å². The van der Waals surface area contributed by atoms with E-state index in [1.54, 1.807) is 12.1 Å². The number of nitrogens with two attached hydrogens (primary N) is 1. The molecule has 114 valence electrons. The van der Waals surface area contributed by atoms with Crippen LogP contribution in [0.4, 0.5) is 0 Å². The first-order valence-corrected chi connectivity index (χ1v) is 7.32. The molecule has 1 aliphatic rings. The van der Waals surface area contributed by atoms with E-state index in [-0.39, 0.29) is 17.2 Å². The Morgan fingerprint density at radius 1 is 1.48 bits per heavy atom. The molecule has 21 heavy (non-hydrogen) atoms. The molecule has 0 radical (unpaired) electrons. The molecule has 1 aliphatic carbocycles. The topological polar surface area (TPSA) is 101 Å². The molecule has 1 heterocycles. The Morgan fingerprint density at radius 2 is 2.19 bits per heavy atom. The van der Waals surface area contributed by atoms with Crippen LogP contribution >= 0.6 is 0 Å². The zero-order valence-electron chi connectivity index (χ0n) is 12.3. The Balaban J connectivity index is 1.97. The standard InChI is InChI=1S/C15H22N4O2/c1-2-15(7-3-4-8-15)10-18-14(20)12-6-5-11(9-17-12)13(16)19-21/h5-6,9,21H,2-4,7-8,10H2,1H3,(H2,16,19)(H,18,20). The fourth-order valence-electron chi connectivity index (χ4n) is 2.88. The molecule has 0 saturated heterocycles. The van der Waals surface area contributed by atoms with Crippen molar-refractivity contribution in [3.63, 3.8) is 0 Å². The van der Waals surface area contributed by atoms with Crippen LogP contribution in [0.3, 0.4) is 0 Å². The van der Waals surface area contributed by atoms with E-state index in [4.69, 9.17) is 10.9 Å². The van der Waals surface area contributed by atoms with E-state index in [9.17, 15) is 4.79 Å². The molecule has 1 aromatic rings. The maximum Gasteiger partial charge on any atom is 0.269 e. The first kappa shape index (κ1) is 15.3. The summed E-state index contributed by atoms with van der Waals surface area (Å²) in [5.74, 6) is -0.203. The molecule has 2 rings (SSSR count). The van der Waals surface area contributed by atoms with Crippen LogP contribution in [0.1, 0.15) is 55.1 Å².